The van der Waals surface area contributed by atoms with Crippen molar-refractivity contribution in [3.05, 3.63) is 35.9 Å². The maximum absolute atomic E-state index is 12.2. The van der Waals surface area contributed by atoms with Crippen LogP contribution in [-0.4, -0.2) is 12.5 Å². The van der Waals surface area contributed by atoms with E-state index in [1.807, 2.05) is 37.3 Å². The van der Waals surface area contributed by atoms with Crippen molar-refractivity contribution in [3.63, 3.8) is 0 Å². The SMILES string of the molecule is CC(NC(=O)C1CCCC1CN)c1ccccc1. The summed E-state index contributed by atoms with van der Waals surface area (Å²) in [6.07, 6.45) is 3.20. The Morgan fingerprint density at radius 3 is 2.78 bits per heavy atom. The molecule has 1 aliphatic carbocycles. The molecule has 0 radical (unpaired) electrons. The van der Waals surface area contributed by atoms with Crippen LogP contribution in [0.2, 0.25) is 0 Å². The highest BCUT2D eigenvalue weighted by molar-refractivity contribution is 5.79. The largest absolute Gasteiger partial charge is 0.349 e. The summed E-state index contributed by atoms with van der Waals surface area (Å²) in [5.41, 5.74) is 6.87. The van der Waals surface area contributed by atoms with Crippen molar-refractivity contribution in [2.45, 2.75) is 32.2 Å². The van der Waals surface area contributed by atoms with Crippen molar-refractivity contribution in [2.75, 3.05) is 6.54 Å². The van der Waals surface area contributed by atoms with Gasteiger partial charge in [0.2, 0.25) is 5.91 Å². The summed E-state index contributed by atoms with van der Waals surface area (Å²) in [5, 5.41) is 3.11. The van der Waals surface area contributed by atoms with E-state index in [1.165, 1.54) is 0 Å². The van der Waals surface area contributed by atoms with Gasteiger partial charge in [0.15, 0.2) is 0 Å². The van der Waals surface area contributed by atoms with E-state index in [0.717, 1.165) is 24.8 Å². The molecule has 2 rings (SSSR count). The molecule has 0 heterocycles. The number of hydrogen-bond acceptors (Lipinski definition) is 2. The Morgan fingerprint density at radius 1 is 1.39 bits per heavy atom. The summed E-state index contributed by atoms with van der Waals surface area (Å²) in [6, 6.07) is 10.1. The molecule has 18 heavy (non-hydrogen) atoms. The summed E-state index contributed by atoms with van der Waals surface area (Å²) in [4.78, 5) is 12.2. The molecule has 0 bridgehead atoms. The molecule has 1 aromatic rings. The highest BCUT2D eigenvalue weighted by Gasteiger charge is 2.32. The third kappa shape index (κ3) is 2.91. The minimum Gasteiger partial charge on any atom is -0.349 e. The fourth-order valence-corrected chi connectivity index (χ4v) is 2.81. The van der Waals surface area contributed by atoms with Gasteiger partial charge in [-0.3, -0.25) is 4.79 Å². The first-order chi connectivity index (χ1) is 8.72. The van der Waals surface area contributed by atoms with E-state index in [-0.39, 0.29) is 17.9 Å². The van der Waals surface area contributed by atoms with E-state index in [9.17, 15) is 4.79 Å². The number of carbonyl (C=O) groups excluding carboxylic acids is 1. The predicted octanol–water partition coefficient (Wildman–Crippen LogP) is 2.24. The van der Waals surface area contributed by atoms with E-state index in [1.54, 1.807) is 0 Å². The Balaban J connectivity index is 1.95. The molecule has 3 atom stereocenters. The van der Waals surface area contributed by atoms with Crippen LogP contribution >= 0.6 is 0 Å². The van der Waals surface area contributed by atoms with Crippen LogP contribution in [0.25, 0.3) is 0 Å². The Morgan fingerprint density at radius 2 is 2.11 bits per heavy atom. The second-order valence-electron chi connectivity index (χ2n) is 5.17. The van der Waals surface area contributed by atoms with Crippen LogP contribution in [0.15, 0.2) is 30.3 Å². The predicted molar refractivity (Wildman–Crippen MR) is 72.9 cm³/mol. The number of carbonyl (C=O) groups is 1. The maximum atomic E-state index is 12.2. The molecule has 0 aromatic heterocycles. The van der Waals surface area contributed by atoms with E-state index < -0.39 is 0 Å². The normalized spacial score (nSPS) is 24.8. The summed E-state index contributed by atoms with van der Waals surface area (Å²) in [7, 11) is 0. The van der Waals surface area contributed by atoms with Crippen molar-refractivity contribution < 1.29 is 4.79 Å². The Hall–Kier alpha value is -1.35. The zero-order valence-corrected chi connectivity index (χ0v) is 10.9. The first-order valence-corrected chi connectivity index (χ1v) is 6.77. The Labute approximate surface area is 109 Å². The summed E-state index contributed by atoms with van der Waals surface area (Å²) >= 11 is 0. The number of benzene rings is 1. The van der Waals surface area contributed by atoms with E-state index in [4.69, 9.17) is 5.73 Å². The molecule has 0 saturated heterocycles. The number of nitrogens with two attached hydrogens (primary N) is 1. The van der Waals surface area contributed by atoms with E-state index in [2.05, 4.69) is 5.32 Å². The number of hydrogen-bond donors (Lipinski definition) is 2. The van der Waals surface area contributed by atoms with Gasteiger partial charge in [0.25, 0.3) is 0 Å². The average Bonchev–Trinajstić information content (AvgIpc) is 2.88. The van der Waals surface area contributed by atoms with Crippen molar-refractivity contribution >= 4 is 5.91 Å². The third-order valence-electron chi connectivity index (χ3n) is 3.96. The molecule has 1 fully saturated rings. The molecule has 3 N–H and O–H groups in total. The molecular weight excluding hydrogens is 224 g/mol. The van der Waals surface area contributed by atoms with Crippen molar-refractivity contribution in [3.8, 4) is 0 Å². The molecule has 0 spiro atoms. The van der Waals surface area contributed by atoms with Gasteiger partial charge >= 0.3 is 0 Å². The minimum absolute atomic E-state index is 0.0673. The van der Waals surface area contributed by atoms with Crippen LogP contribution < -0.4 is 11.1 Å². The second-order valence-corrected chi connectivity index (χ2v) is 5.17. The summed E-state index contributed by atoms with van der Waals surface area (Å²) < 4.78 is 0. The first kappa shape index (κ1) is 13.1. The molecule has 1 aliphatic rings. The molecule has 1 aromatic carbocycles. The topological polar surface area (TPSA) is 55.1 Å². The van der Waals surface area contributed by atoms with E-state index >= 15 is 0 Å². The molecule has 98 valence electrons. The van der Waals surface area contributed by atoms with Crippen LogP contribution in [0.3, 0.4) is 0 Å². The highest BCUT2D eigenvalue weighted by atomic mass is 16.2. The number of nitrogens with one attached hydrogen (secondary N) is 1. The Kier molecular flexibility index (Phi) is 4.37. The summed E-state index contributed by atoms with van der Waals surface area (Å²) in [6.45, 7) is 2.65. The zero-order valence-electron chi connectivity index (χ0n) is 10.9. The van der Waals surface area contributed by atoms with Crippen LogP contribution in [0.4, 0.5) is 0 Å². The van der Waals surface area contributed by atoms with Gasteiger partial charge in [0.1, 0.15) is 0 Å². The average molecular weight is 246 g/mol. The van der Waals surface area contributed by atoms with Gasteiger partial charge in [-0.2, -0.15) is 0 Å². The van der Waals surface area contributed by atoms with Gasteiger partial charge in [-0.1, -0.05) is 36.8 Å². The van der Waals surface area contributed by atoms with Gasteiger partial charge in [-0.25, -0.2) is 0 Å². The van der Waals surface area contributed by atoms with Crippen LogP contribution in [-0.2, 0) is 4.79 Å². The van der Waals surface area contributed by atoms with Crippen LogP contribution in [0.5, 0.6) is 0 Å². The first-order valence-electron chi connectivity index (χ1n) is 6.77. The van der Waals surface area contributed by atoms with Gasteiger partial charge in [-0.15, -0.1) is 0 Å². The lowest BCUT2D eigenvalue weighted by Crippen LogP contribution is -2.36. The molecule has 1 amide bonds. The fraction of sp³-hybridized carbons (Fsp3) is 0.533. The van der Waals surface area contributed by atoms with E-state index in [0.29, 0.717) is 12.5 Å². The molecule has 3 unspecified atom stereocenters. The van der Waals surface area contributed by atoms with Crippen molar-refractivity contribution in [1.29, 1.82) is 0 Å². The lowest BCUT2D eigenvalue weighted by atomic mass is 9.95. The van der Waals surface area contributed by atoms with Gasteiger partial charge < -0.3 is 11.1 Å². The molecule has 0 aliphatic heterocycles. The smallest absolute Gasteiger partial charge is 0.223 e. The summed E-state index contributed by atoms with van der Waals surface area (Å²) in [5.74, 6) is 0.647. The fourth-order valence-electron chi connectivity index (χ4n) is 2.81. The zero-order chi connectivity index (χ0) is 13.0. The van der Waals surface area contributed by atoms with Crippen molar-refractivity contribution in [1.82, 2.24) is 5.32 Å². The number of amides is 1. The standard InChI is InChI=1S/C15H22N2O/c1-11(12-6-3-2-4-7-12)17-15(18)14-9-5-8-13(14)10-16/h2-4,6-7,11,13-14H,5,8-10,16H2,1H3,(H,17,18). The maximum Gasteiger partial charge on any atom is 0.223 e. The Bertz CT molecular complexity index is 391. The molecular formula is C15H22N2O. The lowest BCUT2D eigenvalue weighted by Gasteiger charge is -2.21. The second kappa shape index (κ2) is 6.01. The molecule has 3 heteroatoms. The third-order valence-corrected chi connectivity index (χ3v) is 3.96. The lowest BCUT2D eigenvalue weighted by molar-refractivity contribution is -0.126. The monoisotopic (exact) mass is 246 g/mol. The van der Waals surface area contributed by atoms with Gasteiger partial charge in [0.05, 0.1) is 6.04 Å². The minimum atomic E-state index is 0.0673. The van der Waals surface area contributed by atoms with Crippen molar-refractivity contribution in [2.24, 2.45) is 17.6 Å². The van der Waals surface area contributed by atoms with Gasteiger partial charge in [0, 0.05) is 5.92 Å². The quantitative estimate of drug-likeness (QED) is 0.856. The highest BCUT2D eigenvalue weighted by Crippen LogP contribution is 2.31. The number of rotatable bonds is 4. The van der Waals surface area contributed by atoms with Crippen LogP contribution in [0, 0.1) is 11.8 Å². The van der Waals surface area contributed by atoms with Gasteiger partial charge in [-0.05, 0) is 37.8 Å². The molecule has 1 saturated carbocycles. The van der Waals surface area contributed by atoms with Crippen LogP contribution in [0.1, 0.15) is 37.8 Å². The molecule has 3 nitrogen and oxygen atoms in total.